The van der Waals surface area contributed by atoms with E-state index in [1.807, 2.05) is 4.74 Å². The molecular weight excluding hydrogens is 412 g/mol. The van der Waals surface area contributed by atoms with Crippen LogP contribution in [0.25, 0.3) is 0 Å². The van der Waals surface area contributed by atoms with Crippen molar-refractivity contribution in [1.29, 1.82) is 0 Å². The molecule has 0 radical (unpaired) electrons. The Morgan fingerprint density at radius 2 is 0.944 bits per heavy atom. The normalized spacial score (nSPS) is 18.7. The zero-order chi connectivity index (χ0) is 15.2. The highest BCUT2D eigenvalue weighted by molar-refractivity contribution is 14.1. The molecule has 0 aliphatic heterocycles. The van der Waals surface area contributed by atoms with E-state index in [2.05, 4.69) is 0 Å². The molecule has 0 saturated carbocycles. The molecule has 0 heterocycles. The van der Waals surface area contributed by atoms with Crippen molar-refractivity contribution >= 4 is 22.6 Å². The average Bonchev–Trinajstić information content (AvgIpc) is 1.96. The first kappa shape index (κ1) is 17.9. The summed E-state index contributed by atoms with van der Waals surface area (Å²) < 4.78 is 127. The molecule has 0 aliphatic rings. The van der Waals surface area contributed by atoms with Crippen molar-refractivity contribution in [2.75, 3.05) is 0 Å². The highest BCUT2D eigenvalue weighted by atomic mass is 127. The largest absolute Gasteiger partial charge is 0.462 e. The van der Waals surface area contributed by atoms with E-state index >= 15 is 0 Å². The summed E-state index contributed by atoms with van der Waals surface area (Å²) in [5.41, 5.74) is 0. The molecule has 0 aromatic heterocycles. The first-order chi connectivity index (χ1) is 7.46. The molecular formula is C5F11IO. The molecule has 0 fully saturated rings. The quantitative estimate of drug-likeness (QED) is 0.379. The summed E-state index contributed by atoms with van der Waals surface area (Å²) in [5, 5.41) is 0. The van der Waals surface area contributed by atoms with Crippen LogP contribution in [0.2, 0.25) is 0 Å². The highest BCUT2D eigenvalue weighted by Crippen LogP contribution is 2.52. The van der Waals surface area contributed by atoms with Gasteiger partial charge >= 0.3 is 28.2 Å². The average molecular weight is 412 g/mol. The van der Waals surface area contributed by atoms with E-state index in [-0.39, 0.29) is 0 Å². The fourth-order valence-corrected chi connectivity index (χ4v) is 0.725. The molecule has 0 spiro atoms. The monoisotopic (exact) mass is 412 g/mol. The third-order valence-corrected chi connectivity index (χ3v) is 2.14. The van der Waals surface area contributed by atoms with Gasteiger partial charge < -0.3 is 0 Å². The first-order valence-corrected chi connectivity index (χ1v) is 4.50. The van der Waals surface area contributed by atoms with Gasteiger partial charge in [-0.05, 0) is 0 Å². The molecule has 0 N–H and O–H groups in total. The van der Waals surface area contributed by atoms with Crippen molar-refractivity contribution in [3.8, 4) is 0 Å². The van der Waals surface area contributed by atoms with Crippen LogP contribution in [-0.2, 0) is 4.74 Å². The zero-order valence-electron chi connectivity index (χ0n) is 7.44. The topological polar surface area (TPSA) is 9.23 Å². The standard InChI is InChI=1S/C5F11IO/c6-1(7,2(8,9)10)4(14,15)18-5(16,17)3(11,12)13. The van der Waals surface area contributed by atoms with Gasteiger partial charge in [-0.2, -0.15) is 48.3 Å². The fourth-order valence-electron chi connectivity index (χ4n) is 0.448. The molecule has 13 heteroatoms. The Kier molecular flexibility index (Phi) is 4.47. The lowest BCUT2D eigenvalue weighted by molar-refractivity contribution is -0.460. The van der Waals surface area contributed by atoms with Crippen LogP contribution in [0, 0.1) is 0 Å². The summed E-state index contributed by atoms with van der Waals surface area (Å²) >= 11 is -0.519. The second-order valence-electron chi connectivity index (χ2n) is 2.71. The Balaban J connectivity index is 5.33. The molecule has 0 bridgehead atoms. The van der Waals surface area contributed by atoms with Gasteiger partial charge in [0, 0.05) is 22.6 Å². The van der Waals surface area contributed by atoms with Crippen LogP contribution < -0.4 is 0 Å². The van der Waals surface area contributed by atoms with Gasteiger partial charge in [0.1, 0.15) is 0 Å². The molecule has 18 heavy (non-hydrogen) atoms. The summed E-state index contributed by atoms with van der Waals surface area (Å²) in [7, 11) is 0. The SMILES string of the molecule is FC(F)(F)C(F)(I)OC(F)(F)C(F)(F)C(F)(F)F. The van der Waals surface area contributed by atoms with E-state index in [9.17, 15) is 48.3 Å². The number of halogens is 12. The van der Waals surface area contributed by atoms with Gasteiger partial charge in [-0.3, -0.25) is 4.74 Å². The molecule has 0 aliphatic carbocycles. The Hall–Kier alpha value is -0.0800. The number of hydrogen-bond donors (Lipinski definition) is 0. The molecule has 0 aromatic rings. The molecule has 0 amide bonds. The fraction of sp³-hybridized carbons (Fsp3) is 1.00. The van der Waals surface area contributed by atoms with Crippen LogP contribution >= 0.6 is 22.6 Å². The number of alkyl halides is 12. The lowest BCUT2D eigenvalue weighted by atomic mass is 10.3. The van der Waals surface area contributed by atoms with Crippen molar-refractivity contribution in [1.82, 2.24) is 0 Å². The van der Waals surface area contributed by atoms with Gasteiger partial charge in [0.25, 0.3) is 0 Å². The molecule has 0 aromatic carbocycles. The van der Waals surface area contributed by atoms with Gasteiger partial charge in [-0.15, -0.1) is 0 Å². The lowest BCUT2D eigenvalue weighted by Gasteiger charge is -2.32. The predicted octanol–water partition coefficient (Wildman–Crippen LogP) is 4.41. The van der Waals surface area contributed by atoms with E-state index in [0.29, 0.717) is 0 Å². The van der Waals surface area contributed by atoms with Crippen LogP contribution in [0.3, 0.4) is 0 Å². The minimum absolute atomic E-state index is 0.519. The Morgan fingerprint density at radius 3 is 1.17 bits per heavy atom. The van der Waals surface area contributed by atoms with Gasteiger partial charge in [-0.25, -0.2) is 0 Å². The lowest BCUT2D eigenvalue weighted by Crippen LogP contribution is -2.57. The maximum atomic E-state index is 12.5. The van der Waals surface area contributed by atoms with E-state index in [0.717, 1.165) is 0 Å². The van der Waals surface area contributed by atoms with Crippen LogP contribution in [0.5, 0.6) is 0 Å². The smallest absolute Gasteiger partial charge is 0.261 e. The van der Waals surface area contributed by atoms with Crippen molar-refractivity contribution in [2.24, 2.45) is 0 Å². The predicted molar refractivity (Wildman–Crippen MR) is 40.9 cm³/mol. The minimum Gasteiger partial charge on any atom is -0.261 e. The van der Waals surface area contributed by atoms with Gasteiger partial charge in [-0.1, -0.05) is 0 Å². The Morgan fingerprint density at radius 1 is 0.611 bits per heavy atom. The summed E-state index contributed by atoms with van der Waals surface area (Å²) in [6.45, 7) is 0. The molecule has 0 saturated heterocycles. The number of hydrogen-bond acceptors (Lipinski definition) is 1. The van der Waals surface area contributed by atoms with E-state index in [1.165, 1.54) is 0 Å². The summed E-state index contributed by atoms with van der Waals surface area (Å²) in [6.07, 6.45) is -19.9. The molecule has 0 rings (SSSR count). The van der Waals surface area contributed by atoms with Crippen LogP contribution in [0.4, 0.5) is 48.3 Å². The van der Waals surface area contributed by atoms with E-state index in [4.69, 9.17) is 0 Å². The van der Waals surface area contributed by atoms with Gasteiger partial charge in [0.2, 0.25) is 0 Å². The van der Waals surface area contributed by atoms with Gasteiger partial charge in [0.05, 0.1) is 0 Å². The molecule has 1 atom stereocenters. The number of rotatable bonds is 3. The van der Waals surface area contributed by atoms with Crippen LogP contribution in [-0.4, -0.2) is 28.2 Å². The minimum atomic E-state index is -6.99. The molecule has 1 nitrogen and oxygen atoms in total. The van der Waals surface area contributed by atoms with Gasteiger partial charge in [0.15, 0.2) is 0 Å². The first-order valence-electron chi connectivity index (χ1n) is 3.43. The third kappa shape index (κ3) is 3.27. The summed E-state index contributed by atoms with van der Waals surface area (Å²) in [5.74, 6) is -6.99. The Labute approximate surface area is 104 Å². The van der Waals surface area contributed by atoms with Crippen molar-refractivity contribution in [3.63, 3.8) is 0 Å². The maximum absolute atomic E-state index is 12.5. The van der Waals surface area contributed by atoms with Crippen LogP contribution in [0.15, 0.2) is 0 Å². The maximum Gasteiger partial charge on any atom is 0.462 e. The summed E-state index contributed by atoms with van der Waals surface area (Å²) in [4.78, 5) is 0. The van der Waals surface area contributed by atoms with Crippen molar-refractivity contribution in [2.45, 2.75) is 28.2 Å². The zero-order valence-corrected chi connectivity index (χ0v) is 9.60. The molecule has 1 unspecified atom stereocenters. The van der Waals surface area contributed by atoms with Crippen molar-refractivity contribution in [3.05, 3.63) is 0 Å². The van der Waals surface area contributed by atoms with E-state index in [1.54, 1.807) is 0 Å². The van der Waals surface area contributed by atoms with E-state index < -0.39 is 50.8 Å². The van der Waals surface area contributed by atoms with Crippen LogP contribution in [0.1, 0.15) is 0 Å². The Bertz CT molecular complexity index is 302. The third-order valence-electron chi connectivity index (χ3n) is 1.31. The molecule has 110 valence electrons. The van der Waals surface area contributed by atoms with Crippen molar-refractivity contribution < 1.29 is 53.0 Å². The second-order valence-corrected chi connectivity index (χ2v) is 4.09. The number of ether oxygens (including phenoxy) is 1. The second kappa shape index (κ2) is 4.49. The summed E-state index contributed by atoms with van der Waals surface area (Å²) in [6, 6.07) is 0. The highest BCUT2D eigenvalue weighted by Gasteiger charge is 2.78.